The van der Waals surface area contributed by atoms with Gasteiger partial charge in [-0.15, -0.1) is 0 Å². The van der Waals surface area contributed by atoms with Gasteiger partial charge in [-0.1, -0.05) is 0 Å². The van der Waals surface area contributed by atoms with Crippen LogP contribution in [0, 0.1) is 0 Å². The third kappa shape index (κ3) is 3.57. The topological polar surface area (TPSA) is 67.9 Å². The Morgan fingerprint density at radius 1 is 1.41 bits per heavy atom. The highest BCUT2D eigenvalue weighted by Gasteiger charge is 2.06. The fourth-order valence-corrected chi connectivity index (χ4v) is 1.79. The lowest BCUT2D eigenvalue weighted by Gasteiger charge is -2.11. The van der Waals surface area contributed by atoms with Gasteiger partial charge in [0.05, 0.1) is 35.2 Å². The molecule has 0 saturated heterocycles. The van der Waals surface area contributed by atoms with Crippen LogP contribution in [0.5, 0.6) is 0 Å². The van der Waals surface area contributed by atoms with Crippen LogP contribution < -0.4 is 5.32 Å². The number of aliphatic hydroxyl groups is 1. The van der Waals surface area contributed by atoms with Gasteiger partial charge in [0.15, 0.2) is 0 Å². The highest BCUT2D eigenvalue weighted by molar-refractivity contribution is 9.10. The summed E-state index contributed by atoms with van der Waals surface area (Å²) in [6, 6.07) is 0. The molecule has 0 aromatic carbocycles. The summed E-state index contributed by atoms with van der Waals surface area (Å²) >= 11 is 3.31. The number of rotatable bonds is 5. The zero-order valence-electron chi connectivity index (χ0n) is 9.41. The Labute approximate surface area is 107 Å². The molecule has 17 heavy (non-hydrogen) atoms. The maximum absolute atomic E-state index is 9.81. The molecule has 7 heteroatoms. The summed E-state index contributed by atoms with van der Waals surface area (Å²) in [6.45, 7) is 0.919. The van der Waals surface area contributed by atoms with Gasteiger partial charge in [0.2, 0.25) is 0 Å². The van der Waals surface area contributed by atoms with E-state index in [9.17, 15) is 5.11 Å². The third-order valence-electron chi connectivity index (χ3n) is 2.25. The molecular weight excluding hydrogens is 286 g/mol. The average molecular weight is 300 g/mol. The molecule has 0 aliphatic carbocycles. The number of nitrogens with zero attached hydrogens (tertiary/aromatic N) is 4. The summed E-state index contributed by atoms with van der Waals surface area (Å²) in [6.07, 6.45) is 6.60. The van der Waals surface area contributed by atoms with Crippen LogP contribution in [0.3, 0.4) is 0 Å². The van der Waals surface area contributed by atoms with E-state index in [0.717, 1.165) is 10.2 Å². The Bertz CT molecular complexity index is 481. The van der Waals surface area contributed by atoms with Crippen LogP contribution in [0.4, 0.5) is 5.69 Å². The molecule has 0 amide bonds. The normalized spacial score (nSPS) is 12.6. The summed E-state index contributed by atoms with van der Waals surface area (Å²) in [5.41, 5.74) is 0.896. The van der Waals surface area contributed by atoms with Crippen molar-refractivity contribution in [1.29, 1.82) is 0 Å². The van der Waals surface area contributed by atoms with E-state index in [1.54, 1.807) is 21.8 Å². The molecule has 0 bridgehead atoms. The predicted molar refractivity (Wildman–Crippen MR) is 67.6 cm³/mol. The molecule has 0 aliphatic heterocycles. The number of hydrogen-bond acceptors (Lipinski definition) is 4. The second kappa shape index (κ2) is 5.33. The highest BCUT2D eigenvalue weighted by Crippen LogP contribution is 2.07. The monoisotopic (exact) mass is 299 g/mol. The minimum Gasteiger partial charge on any atom is -0.389 e. The first-order valence-corrected chi connectivity index (χ1v) is 6.01. The standard InChI is InChI=1S/C10H14BrN5O/c1-15-6-9(3-13-15)12-4-10(17)7-16-5-8(11)2-14-16/h2-3,5-6,10,12,17H,4,7H2,1H3. The second-order valence-corrected chi connectivity index (χ2v) is 4.73. The van der Waals surface area contributed by atoms with Crippen molar-refractivity contribution in [3.8, 4) is 0 Å². The summed E-state index contributed by atoms with van der Waals surface area (Å²) in [7, 11) is 1.85. The molecule has 92 valence electrons. The Kier molecular flexibility index (Phi) is 3.80. The van der Waals surface area contributed by atoms with Gasteiger partial charge in [0.1, 0.15) is 0 Å². The first-order valence-electron chi connectivity index (χ1n) is 5.22. The molecule has 1 atom stereocenters. The minimum absolute atomic E-state index is 0.457. The molecule has 0 aliphatic rings. The van der Waals surface area contributed by atoms with Gasteiger partial charge in [0, 0.05) is 26.0 Å². The van der Waals surface area contributed by atoms with Crippen molar-refractivity contribution in [2.75, 3.05) is 11.9 Å². The zero-order chi connectivity index (χ0) is 12.3. The fourth-order valence-electron chi connectivity index (χ4n) is 1.47. The van der Waals surface area contributed by atoms with Gasteiger partial charge in [-0.05, 0) is 15.9 Å². The maximum atomic E-state index is 9.81. The average Bonchev–Trinajstić information content (AvgIpc) is 2.85. The van der Waals surface area contributed by atoms with Crippen molar-refractivity contribution >= 4 is 21.6 Å². The van der Waals surface area contributed by atoms with Crippen molar-refractivity contribution in [1.82, 2.24) is 19.6 Å². The van der Waals surface area contributed by atoms with Gasteiger partial charge >= 0.3 is 0 Å². The minimum atomic E-state index is -0.498. The number of nitrogens with one attached hydrogen (secondary N) is 1. The molecule has 1 unspecified atom stereocenters. The number of aryl methyl sites for hydroxylation is 1. The first kappa shape index (κ1) is 12.1. The number of hydrogen-bond donors (Lipinski definition) is 2. The Morgan fingerprint density at radius 2 is 2.24 bits per heavy atom. The van der Waals surface area contributed by atoms with Crippen molar-refractivity contribution in [3.05, 3.63) is 29.3 Å². The highest BCUT2D eigenvalue weighted by atomic mass is 79.9. The number of aliphatic hydroxyl groups excluding tert-OH is 1. The summed E-state index contributed by atoms with van der Waals surface area (Å²) < 4.78 is 4.31. The first-order chi connectivity index (χ1) is 8.13. The van der Waals surface area contributed by atoms with Gasteiger partial charge < -0.3 is 10.4 Å². The number of anilines is 1. The van der Waals surface area contributed by atoms with Crippen molar-refractivity contribution in [2.45, 2.75) is 12.6 Å². The van der Waals surface area contributed by atoms with Crippen LogP contribution in [-0.4, -0.2) is 37.3 Å². The van der Waals surface area contributed by atoms with E-state index < -0.39 is 6.10 Å². The van der Waals surface area contributed by atoms with E-state index in [2.05, 4.69) is 31.4 Å². The maximum Gasteiger partial charge on any atom is 0.0907 e. The SMILES string of the molecule is Cn1cc(NCC(O)Cn2cc(Br)cn2)cn1. The van der Waals surface area contributed by atoms with Crippen LogP contribution in [0.25, 0.3) is 0 Å². The smallest absolute Gasteiger partial charge is 0.0907 e. The van der Waals surface area contributed by atoms with E-state index in [1.165, 1.54) is 0 Å². The van der Waals surface area contributed by atoms with Crippen molar-refractivity contribution in [2.24, 2.45) is 7.05 Å². The molecule has 0 fully saturated rings. The summed E-state index contributed by atoms with van der Waals surface area (Å²) in [4.78, 5) is 0. The lowest BCUT2D eigenvalue weighted by atomic mass is 10.3. The van der Waals surface area contributed by atoms with E-state index >= 15 is 0 Å². The van der Waals surface area contributed by atoms with Crippen LogP contribution >= 0.6 is 15.9 Å². The van der Waals surface area contributed by atoms with Crippen molar-refractivity contribution < 1.29 is 5.11 Å². The molecule has 2 aromatic rings. The Hall–Kier alpha value is -1.34. The lowest BCUT2D eigenvalue weighted by molar-refractivity contribution is 0.161. The quantitative estimate of drug-likeness (QED) is 0.859. The predicted octanol–water partition coefficient (Wildman–Crippen LogP) is 0.852. The van der Waals surface area contributed by atoms with Crippen molar-refractivity contribution in [3.63, 3.8) is 0 Å². The van der Waals surface area contributed by atoms with Crippen LogP contribution in [0.1, 0.15) is 0 Å². The molecule has 0 radical (unpaired) electrons. The molecule has 2 aromatic heterocycles. The summed E-state index contributed by atoms with van der Waals surface area (Å²) in [5, 5.41) is 21.0. The molecule has 2 rings (SSSR count). The van der Waals surface area contributed by atoms with Crippen LogP contribution in [0.2, 0.25) is 0 Å². The molecule has 2 heterocycles. The number of aromatic nitrogens is 4. The van der Waals surface area contributed by atoms with Gasteiger partial charge in [-0.2, -0.15) is 10.2 Å². The summed E-state index contributed by atoms with van der Waals surface area (Å²) in [5.74, 6) is 0. The largest absolute Gasteiger partial charge is 0.389 e. The zero-order valence-corrected chi connectivity index (χ0v) is 11.0. The number of halogens is 1. The molecule has 0 spiro atoms. The van der Waals surface area contributed by atoms with Crippen LogP contribution in [0.15, 0.2) is 29.3 Å². The molecular formula is C10H14BrN5O. The van der Waals surface area contributed by atoms with Crippen LogP contribution in [-0.2, 0) is 13.6 Å². The molecule has 2 N–H and O–H groups in total. The van der Waals surface area contributed by atoms with E-state index in [0.29, 0.717) is 13.1 Å². The fraction of sp³-hybridized carbons (Fsp3) is 0.400. The molecule has 0 saturated carbocycles. The van der Waals surface area contributed by atoms with Gasteiger partial charge in [-0.25, -0.2) is 0 Å². The Morgan fingerprint density at radius 3 is 2.82 bits per heavy atom. The lowest BCUT2D eigenvalue weighted by Crippen LogP contribution is -2.25. The second-order valence-electron chi connectivity index (χ2n) is 3.82. The van der Waals surface area contributed by atoms with Gasteiger partial charge in [0.25, 0.3) is 0 Å². The third-order valence-corrected chi connectivity index (χ3v) is 2.66. The van der Waals surface area contributed by atoms with E-state index in [4.69, 9.17) is 0 Å². The molecule has 6 nitrogen and oxygen atoms in total. The van der Waals surface area contributed by atoms with Gasteiger partial charge in [-0.3, -0.25) is 9.36 Å². The Balaban J connectivity index is 1.79. The van der Waals surface area contributed by atoms with E-state index in [-0.39, 0.29) is 0 Å². The van der Waals surface area contributed by atoms with E-state index in [1.807, 2.05) is 19.4 Å².